The number of carbonyl (C=O) groups is 1. The number of esters is 1. The molecule has 0 bridgehead atoms. The molecule has 0 unspecified atom stereocenters. The normalized spacial score (nSPS) is 10.9. The molecule has 118 valence electrons. The van der Waals surface area contributed by atoms with Crippen LogP contribution in [0.4, 0.5) is 4.39 Å². The first-order chi connectivity index (χ1) is 11.1. The van der Waals surface area contributed by atoms with Gasteiger partial charge >= 0.3 is 5.97 Å². The topological polar surface area (TPSA) is 31.2 Å². The lowest BCUT2D eigenvalue weighted by atomic mass is 10.2. The van der Waals surface area contributed by atoms with Crippen LogP contribution in [0.5, 0.6) is 0 Å². The van der Waals surface area contributed by atoms with Crippen molar-refractivity contribution < 1.29 is 13.9 Å². The first-order valence-corrected chi connectivity index (χ1v) is 7.66. The summed E-state index contributed by atoms with van der Waals surface area (Å²) in [7, 11) is 0. The highest BCUT2D eigenvalue weighted by Crippen LogP contribution is 2.23. The number of hydrogen-bond acceptors (Lipinski definition) is 2. The maximum Gasteiger partial charge on any atom is 0.354 e. The molecule has 0 radical (unpaired) electrons. The minimum Gasteiger partial charge on any atom is -0.461 e. The van der Waals surface area contributed by atoms with Gasteiger partial charge in [-0.25, -0.2) is 9.18 Å². The number of carbonyl (C=O) groups excluding carboxylic acids is 1. The molecule has 3 rings (SSSR count). The second-order valence-electron chi connectivity index (χ2n) is 5.17. The molecular weight excluding hydrogens is 317 g/mol. The Kier molecular flexibility index (Phi) is 4.35. The third-order valence-electron chi connectivity index (χ3n) is 3.60. The van der Waals surface area contributed by atoms with E-state index in [0.717, 1.165) is 11.1 Å². The van der Waals surface area contributed by atoms with Gasteiger partial charge in [-0.05, 0) is 48.9 Å². The van der Waals surface area contributed by atoms with Crippen molar-refractivity contribution >= 4 is 28.5 Å². The van der Waals surface area contributed by atoms with E-state index in [4.69, 9.17) is 16.3 Å². The maximum atomic E-state index is 13.5. The van der Waals surface area contributed by atoms with Gasteiger partial charge in [0.25, 0.3) is 0 Å². The van der Waals surface area contributed by atoms with Gasteiger partial charge in [0.2, 0.25) is 0 Å². The summed E-state index contributed by atoms with van der Waals surface area (Å²) in [5.74, 6) is -0.755. The summed E-state index contributed by atoms with van der Waals surface area (Å²) in [6.45, 7) is 2.51. The van der Waals surface area contributed by atoms with E-state index < -0.39 is 5.97 Å². The van der Waals surface area contributed by atoms with Gasteiger partial charge in [-0.3, -0.25) is 0 Å². The fourth-order valence-corrected chi connectivity index (χ4v) is 2.68. The quantitative estimate of drug-likeness (QED) is 0.651. The number of halogens is 2. The first-order valence-electron chi connectivity index (χ1n) is 7.29. The highest BCUT2D eigenvalue weighted by Gasteiger charge is 2.17. The van der Waals surface area contributed by atoms with Crippen molar-refractivity contribution in [3.8, 4) is 0 Å². The number of aromatic nitrogens is 1. The Morgan fingerprint density at radius 3 is 2.61 bits per heavy atom. The van der Waals surface area contributed by atoms with Crippen molar-refractivity contribution in [2.75, 3.05) is 6.61 Å². The summed E-state index contributed by atoms with van der Waals surface area (Å²) in [6.07, 6.45) is 0. The maximum absolute atomic E-state index is 13.5. The van der Waals surface area contributed by atoms with E-state index in [-0.39, 0.29) is 12.4 Å². The molecule has 0 saturated carbocycles. The molecule has 23 heavy (non-hydrogen) atoms. The monoisotopic (exact) mass is 331 g/mol. The molecule has 0 N–H and O–H groups in total. The van der Waals surface area contributed by atoms with Crippen molar-refractivity contribution in [1.82, 2.24) is 4.57 Å². The van der Waals surface area contributed by atoms with Gasteiger partial charge in [0.05, 0.1) is 6.61 Å². The molecule has 0 saturated heterocycles. The SMILES string of the molecule is CCOC(=O)c1cc2cc(F)ccc2n1Cc1ccc(Cl)cc1. The molecule has 2 aromatic carbocycles. The Morgan fingerprint density at radius 2 is 1.91 bits per heavy atom. The Bertz CT molecular complexity index is 855. The summed E-state index contributed by atoms with van der Waals surface area (Å²) < 4.78 is 20.4. The molecule has 3 aromatic rings. The average molecular weight is 332 g/mol. The van der Waals surface area contributed by atoms with Gasteiger partial charge in [-0.15, -0.1) is 0 Å². The average Bonchev–Trinajstić information content (AvgIpc) is 2.87. The smallest absolute Gasteiger partial charge is 0.354 e. The number of hydrogen-bond donors (Lipinski definition) is 0. The zero-order valence-corrected chi connectivity index (χ0v) is 13.3. The molecule has 1 aromatic heterocycles. The minimum atomic E-state index is -0.418. The predicted molar refractivity (Wildman–Crippen MR) is 88.4 cm³/mol. The molecule has 0 fully saturated rings. The lowest BCUT2D eigenvalue weighted by Gasteiger charge is -2.10. The molecule has 1 heterocycles. The van der Waals surface area contributed by atoms with Crippen LogP contribution in [-0.4, -0.2) is 17.1 Å². The van der Waals surface area contributed by atoms with Crippen LogP contribution in [0.25, 0.3) is 10.9 Å². The van der Waals surface area contributed by atoms with Crippen LogP contribution in [0, 0.1) is 5.82 Å². The molecule has 3 nitrogen and oxygen atoms in total. The van der Waals surface area contributed by atoms with Crippen molar-refractivity contribution in [1.29, 1.82) is 0 Å². The molecule has 0 atom stereocenters. The standard InChI is InChI=1S/C18H15ClFNO2/c1-2-23-18(22)17-10-13-9-15(20)7-8-16(13)21(17)11-12-3-5-14(19)6-4-12/h3-10H,2,11H2,1H3. The van der Waals surface area contributed by atoms with E-state index in [0.29, 0.717) is 22.6 Å². The molecule has 0 amide bonds. The Morgan fingerprint density at radius 1 is 1.17 bits per heavy atom. The summed E-state index contributed by atoms with van der Waals surface area (Å²) in [4.78, 5) is 12.2. The van der Waals surface area contributed by atoms with Crippen LogP contribution in [0.3, 0.4) is 0 Å². The number of rotatable bonds is 4. The van der Waals surface area contributed by atoms with Crippen LogP contribution in [0.2, 0.25) is 5.02 Å². The van der Waals surface area contributed by atoms with Gasteiger partial charge in [0, 0.05) is 22.5 Å². The first kappa shape index (κ1) is 15.6. The fraction of sp³-hybridized carbons (Fsp3) is 0.167. The molecule has 0 spiro atoms. The highest BCUT2D eigenvalue weighted by atomic mass is 35.5. The van der Waals surface area contributed by atoms with E-state index >= 15 is 0 Å². The lowest BCUT2D eigenvalue weighted by molar-refractivity contribution is 0.0515. The third kappa shape index (κ3) is 3.22. The van der Waals surface area contributed by atoms with Crippen LogP contribution >= 0.6 is 11.6 Å². The summed E-state index contributed by atoms with van der Waals surface area (Å²) in [6, 6.07) is 13.5. The molecule has 5 heteroatoms. The molecule has 0 aliphatic rings. The third-order valence-corrected chi connectivity index (χ3v) is 3.85. The van der Waals surface area contributed by atoms with E-state index in [1.165, 1.54) is 12.1 Å². The number of nitrogens with zero attached hydrogens (tertiary/aromatic N) is 1. The van der Waals surface area contributed by atoms with E-state index in [1.807, 2.05) is 16.7 Å². The van der Waals surface area contributed by atoms with Crippen molar-refractivity contribution in [3.05, 3.63) is 70.6 Å². The predicted octanol–water partition coefficient (Wildman–Crippen LogP) is 4.66. The largest absolute Gasteiger partial charge is 0.461 e. The van der Waals surface area contributed by atoms with Crippen LogP contribution in [0.1, 0.15) is 23.0 Å². The second kappa shape index (κ2) is 6.42. The fourth-order valence-electron chi connectivity index (χ4n) is 2.56. The van der Waals surface area contributed by atoms with Gasteiger partial charge < -0.3 is 9.30 Å². The minimum absolute atomic E-state index is 0.287. The summed E-state index contributed by atoms with van der Waals surface area (Å²) in [5, 5.41) is 1.32. The zero-order chi connectivity index (χ0) is 16.4. The van der Waals surface area contributed by atoms with Crippen molar-refractivity contribution in [2.24, 2.45) is 0 Å². The number of fused-ring (bicyclic) bond motifs is 1. The van der Waals surface area contributed by atoms with Crippen molar-refractivity contribution in [3.63, 3.8) is 0 Å². The van der Waals surface area contributed by atoms with Gasteiger partial charge in [-0.1, -0.05) is 23.7 Å². The lowest BCUT2D eigenvalue weighted by Crippen LogP contribution is -2.12. The number of ether oxygens (including phenoxy) is 1. The second-order valence-corrected chi connectivity index (χ2v) is 5.60. The Labute approximate surface area is 138 Å². The van der Waals surface area contributed by atoms with Crippen LogP contribution in [-0.2, 0) is 11.3 Å². The van der Waals surface area contributed by atoms with E-state index in [1.54, 1.807) is 31.2 Å². The molecule has 0 aliphatic heterocycles. The number of benzene rings is 2. The van der Waals surface area contributed by atoms with Gasteiger partial charge in [0.15, 0.2) is 0 Å². The Hall–Kier alpha value is -2.33. The van der Waals surface area contributed by atoms with E-state index in [9.17, 15) is 9.18 Å². The molecular formula is C18H15ClFNO2. The van der Waals surface area contributed by atoms with Gasteiger partial charge in [0.1, 0.15) is 11.5 Å². The van der Waals surface area contributed by atoms with Crippen LogP contribution in [0.15, 0.2) is 48.5 Å². The van der Waals surface area contributed by atoms with Crippen molar-refractivity contribution in [2.45, 2.75) is 13.5 Å². The zero-order valence-electron chi connectivity index (χ0n) is 12.6. The highest BCUT2D eigenvalue weighted by molar-refractivity contribution is 6.30. The summed E-state index contributed by atoms with van der Waals surface area (Å²) in [5.41, 5.74) is 2.17. The van der Waals surface area contributed by atoms with Gasteiger partial charge in [-0.2, -0.15) is 0 Å². The van der Waals surface area contributed by atoms with Crippen LogP contribution < -0.4 is 0 Å². The van der Waals surface area contributed by atoms with E-state index in [2.05, 4.69) is 0 Å². The summed E-state index contributed by atoms with van der Waals surface area (Å²) >= 11 is 5.91. The Balaban J connectivity index is 2.09. The molecule has 0 aliphatic carbocycles.